The predicted octanol–water partition coefficient (Wildman–Crippen LogP) is 3.06. The van der Waals surface area contributed by atoms with E-state index in [2.05, 4.69) is 15.3 Å². The van der Waals surface area contributed by atoms with Crippen molar-refractivity contribution >= 4 is 23.1 Å². The van der Waals surface area contributed by atoms with E-state index in [0.29, 0.717) is 28.0 Å². The summed E-state index contributed by atoms with van der Waals surface area (Å²) in [6, 6.07) is 7.02. The number of nitrogens with zero attached hydrogens (tertiary/aromatic N) is 2. The van der Waals surface area contributed by atoms with Crippen LogP contribution < -0.4 is 10.1 Å². The van der Waals surface area contributed by atoms with Crippen LogP contribution in [0.25, 0.3) is 10.8 Å². The number of aromatic nitrogens is 2. The number of furan rings is 1. The highest BCUT2D eigenvalue weighted by molar-refractivity contribution is 7.13. The third-order valence-corrected chi connectivity index (χ3v) is 3.55. The number of methoxy groups -OCH3 is 1. The zero-order valence-electron chi connectivity index (χ0n) is 11.1. The van der Waals surface area contributed by atoms with Crippen LogP contribution in [0.5, 0.6) is 5.75 Å². The second-order valence-electron chi connectivity index (χ2n) is 4.02. The summed E-state index contributed by atoms with van der Waals surface area (Å²) in [6.45, 7) is 0. The molecule has 0 aliphatic carbocycles. The molecule has 21 heavy (non-hydrogen) atoms. The van der Waals surface area contributed by atoms with Gasteiger partial charge in [0, 0.05) is 11.6 Å². The molecule has 106 valence electrons. The lowest BCUT2D eigenvalue weighted by atomic mass is 10.4. The minimum Gasteiger partial charge on any atom is -0.493 e. The van der Waals surface area contributed by atoms with E-state index in [1.807, 2.05) is 0 Å². The van der Waals surface area contributed by atoms with Gasteiger partial charge in [0.05, 0.1) is 13.4 Å². The number of ether oxygens (including phenoxy) is 1. The van der Waals surface area contributed by atoms with Gasteiger partial charge in [0.25, 0.3) is 5.91 Å². The van der Waals surface area contributed by atoms with Gasteiger partial charge >= 0.3 is 0 Å². The molecule has 1 amide bonds. The molecule has 1 N–H and O–H groups in total. The van der Waals surface area contributed by atoms with Crippen molar-refractivity contribution in [1.29, 1.82) is 0 Å². The fourth-order valence-corrected chi connectivity index (χ4v) is 2.48. The summed E-state index contributed by atoms with van der Waals surface area (Å²) in [4.78, 5) is 20.5. The zero-order valence-corrected chi connectivity index (χ0v) is 11.9. The molecule has 0 saturated heterocycles. The van der Waals surface area contributed by atoms with Crippen molar-refractivity contribution in [3.05, 3.63) is 47.8 Å². The Morgan fingerprint density at radius 2 is 2.29 bits per heavy atom. The van der Waals surface area contributed by atoms with Crippen molar-refractivity contribution in [2.24, 2.45) is 0 Å². The lowest BCUT2D eigenvalue weighted by molar-refractivity contribution is 0.102. The van der Waals surface area contributed by atoms with E-state index in [1.54, 1.807) is 42.1 Å². The SMILES string of the molecule is COc1cccnc1NC(=O)c1csc(-c2ccco2)n1. The molecular weight excluding hydrogens is 290 g/mol. The molecule has 0 aliphatic heterocycles. The number of rotatable bonds is 4. The smallest absolute Gasteiger partial charge is 0.276 e. The predicted molar refractivity (Wildman–Crippen MR) is 78.6 cm³/mol. The van der Waals surface area contributed by atoms with Gasteiger partial charge in [-0.1, -0.05) is 0 Å². The maximum atomic E-state index is 12.2. The highest BCUT2D eigenvalue weighted by atomic mass is 32.1. The Labute approximate surface area is 124 Å². The molecule has 0 radical (unpaired) electrons. The first-order chi connectivity index (χ1) is 10.3. The fourth-order valence-electron chi connectivity index (χ4n) is 1.71. The number of carbonyl (C=O) groups is 1. The molecular formula is C14H11N3O3S. The van der Waals surface area contributed by atoms with Gasteiger partial charge in [-0.05, 0) is 24.3 Å². The van der Waals surface area contributed by atoms with Gasteiger partial charge in [0.2, 0.25) is 0 Å². The minimum absolute atomic E-state index is 0.305. The Balaban J connectivity index is 1.80. The van der Waals surface area contributed by atoms with E-state index < -0.39 is 0 Å². The molecule has 3 rings (SSSR count). The normalized spacial score (nSPS) is 10.3. The molecule has 0 unspecified atom stereocenters. The summed E-state index contributed by atoms with van der Waals surface area (Å²) in [6.07, 6.45) is 3.14. The van der Waals surface area contributed by atoms with Crippen molar-refractivity contribution in [2.75, 3.05) is 12.4 Å². The first-order valence-corrected chi connectivity index (χ1v) is 6.95. The Morgan fingerprint density at radius 1 is 1.38 bits per heavy atom. The monoisotopic (exact) mass is 301 g/mol. The Bertz CT molecular complexity index is 752. The Hall–Kier alpha value is -2.67. The summed E-state index contributed by atoms with van der Waals surface area (Å²) < 4.78 is 10.4. The standard InChI is InChI=1S/C14H11N3O3S/c1-19-10-4-2-6-15-12(10)17-13(18)9-8-21-14(16-9)11-5-3-7-20-11/h2-8H,1H3,(H,15,17,18). The topological polar surface area (TPSA) is 77.2 Å². The van der Waals surface area contributed by atoms with Gasteiger partial charge in [-0.2, -0.15) is 0 Å². The lowest BCUT2D eigenvalue weighted by Gasteiger charge is -2.07. The van der Waals surface area contributed by atoms with E-state index in [9.17, 15) is 4.79 Å². The number of hydrogen-bond donors (Lipinski definition) is 1. The molecule has 0 aliphatic rings. The molecule has 3 aromatic heterocycles. The van der Waals surface area contributed by atoms with Crippen LogP contribution in [0, 0.1) is 0 Å². The summed E-state index contributed by atoms with van der Waals surface area (Å²) in [5.74, 6) is 1.14. The first-order valence-electron chi connectivity index (χ1n) is 6.07. The van der Waals surface area contributed by atoms with Crippen LogP contribution in [0.1, 0.15) is 10.5 Å². The fraction of sp³-hybridized carbons (Fsp3) is 0.0714. The van der Waals surface area contributed by atoms with Gasteiger partial charge in [0.1, 0.15) is 5.69 Å². The number of amides is 1. The third-order valence-electron chi connectivity index (χ3n) is 2.69. The van der Waals surface area contributed by atoms with Gasteiger partial charge in [0.15, 0.2) is 22.3 Å². The Morgan fingerprint density at radius 3 is 3.05 bits per heavy atom. The van der Waals surface area contributed by atoms with Crippen LogP contribution in [-0.4, -0.2) is 23.0 Å². The lowest BCUT2D eigenvalue weighted by Crippen LogP contribution is -2.14. The molecule has 3 heterocycles. The Kier molecular flexibility index (Phi) is 3.65. The van der Waals surface area contributed by atoms with Crippen molar-refractivity contribution in [3.8, 4) is 16.5 Å². The summed E-state index contributed by atoms with van der Waals surface area (Å²) >= 11 is 1.34. The molecule has 0 aromatic carbocycles. The summed E-state index contributed by atoms with van der Waals surface area (Å²) in [5.41, 5.74) is 0.305. The number of anilines is 1. The van der Waals surface area contributed by atoms with E-state index in [4.69, 9.17) is 9.15 Å². The molecule has 7 heteroatoms. The second-order valence-corrected chi connectivity index (χ2v) is 4.88. The van der Waals surface area contributed by atoms with Crippen molar-refractivity contribution < 1.29 is 13.9 Å². The largest absolute Gasteiger partial charge is 0.493 e. The van der Waals surface area contributed by atoms with Gasteiger partial charge in [-0.25, -0.2) is 9.97 Å². The molecule has 0 fully saturated rings. The van der Waals surface area contributed by atoms with Gasteiger partial charge < -0.3 is 14.5 Å². The molecule has 0 atom stereocenters. The van der Waals surface area contributed by atoms with E-state index in [1.165, 1.54) is 18.4 Å². The number of hydrogen-bond acceptors (Lipinski definition) is 6. The van der Waals surface area contributed by atoms with E-state index in [-0.39, 0.29) is 5.91 Å². The number of thiazole rings is 1. The van der Waals surface area contributed by atoms with Crippen LogP contribution in [-0.2, 0) is 0 Å². The highest BCUT2D eigenvalue weighted by Gasteiger charge is 2.15. The van der Waals surface area contributed by atoms with Crippen LogP contribution in [0.2, 0.25) is 0 Å². The quantitative estimate of drug-likeness (QED) is 0.801. The maximum Gasteiger partial charge on any atom is 0.276 e. The zero-order chi connectivity index (χ0) is 14.7. The third kappa shape index (κ3) is 2.77. The van der Waals surface area contributed by atoms with Gasteiger partial charge in [-0.3, -0.25) is 4.79 Å². The van der Waals surface area contributed by atoms with Crippen molar-refractivity contribution in [3.63, 3.8) is 0 Å². The van der Waals surface area contributed by atoms with Crippen molar-refractivity contribution in [2.45, 2.75) is 0 Å². The summed E-state index contributed by atoms with van der Waals surface area (Å²) in [5, 5.41) is 5.00. The first kappa shape index (κ1) is 13.3. The maximum absolute atomic E-state index is 12.2. The highest BCUT2D eigenvalue weighted by Crippen LogP contribution is 2.25. The molecule has 0 spiro atoms. The van der Waals surface area contributed by atoms with Crippen LogP contribution >= 0.6 is 11.3 Å². The number of carbonyl (C=O) groups excluding carboxylic acids is 1. The minimum atomic E-state index is -0.346. The van der Waals surface area contributed by atoms with Crippen LogP contribution in [0.4, 0.5) is 5.82 Å². The summed E-state index contributed by atoms with van der Waals surface area (Å²) in [7, 11) is 1.52. The van der Waals surface area contributed by atoms with Crippen LogP contribution in [0.15, 0.2) is 46.5 Å². The molecule has 6 nitrogen and oxygen atoms in total. The van der Waals surface area contributed by atoms with Gasteiger partial charge in [-0.15, -0.1) is 11.3 Å². The molecule has 3 aromatic rings. The molecule has 0 saturated carbocycles. The van der Waals surface area contributed by atoms with E-state index in [0.717, 1.165) is 0 Å². The molecule has 0 bridgehead atoms. The van der Waals surface area contributed by atoms with E-state index >= 15 is 0 Å². The average molecular weight is 301 g/mol. The number of pyridine rings is 1. The average Bonchev–Trinajstić information content (AvgIpc) is 3.18. The number of nitrogens with one attached hydrogen (secondary N) is 1. The van der Waals surface area contributed by atoms with Crippen molar-refractivity contribution in [1.82, 2.24) is 9.97 Å². The van der Waals surface area contributed by atoms with Crippen LogP contribution in [0.3, 0.4) is 0 Å². The second kappa shape index (κ2) is 5.76.